The highest BCUT2D eigenvalue weighted by Gasteiger charge is 2.22. The van der Waals surface area contributed by atoms with Gasteiger partial charge in [-0.05, 0) is 30.2 Å². The standard InChI is InChI=1S/C14H16N2O5/c1-9(17)16-5-4-10-6-11(2-3-12(10)16)15-13(18)7-21-8-14(19)20/h2-3,6H,4-5,7-8H2,1H3,(H,15,18)(H,19,20). The lowest BCUT2D eigenvalue weighted by atomic mass is 10.1. The Morgan fingerprint density at radius 3 is 2.76 bits per heavy atom. The van der Waals surface area contributed by atoms with Crippen LogP contribution in [-0.4, -0.2) is 42.6 Å². The van der Waals surface area contributed by atoms with Gasteiger partial charge in [-0.3, -0.25) is 9.59 Å². The molecule has 7 heteroatoms. The van der Waals surface area contributed by atoms with E-state index in [4.69, 9.17) is 9.84 Å². The monoisotopic (exact) mass is 292 g/mol. The molecule has 1 aliphatic rings. The number of carboxylic acids is 1. The quantitative estimate of drug-likeness (QED) is 0.830. The van der Waals surface area contributed by atoms with Crippen LogP contribution in [0.15, 0.2) is 18.2 Å². The third-order valence-electron chi connectivity index (χ3n) is 3.10. The van der Waals surface area contributed by atoms with Crippen molar-refractivity contribution in [3.63, 3.8) is 0 Å². The molecule has 0 radical (unpaired) electrons. The maximum atomic E-state index is 11.6. The minimum absolute atomic E-state index is 0.00685. The maximum absolute atomic E-state index is 11.6. The summed E-state index contributed by atoms with van der Waals surface area (Å²) in [6, 6.07) is 5.31. The van der Waals surface area contributed by atoms with Crippen molar-refractivity contribution in [2.75, 3.05) is 30.0 Å². The van der Waals surface area contributed by atoms with Crippen molar-refractivity contribution in [1.82, 2.24) is 0 Å². The molecule has 2 N–H and O–H groups in total. The molecule has 7 nitrogen and oxygen atoms in total. The van der Waals surface area contributed by atoms with Crippen molar-refractivity contribution in [3.8, 4) is 0 Å². The van der Waals surface area contributed by atoms with E-state index in [1.54, 1.807) is 17.0 Å². The average Bonchev–Trinajstić information content (AvgIpc) is 2.81. The molecule has 0 fully saturated rings. The smallest absolute Gasteiger partial charge is 0.329 e. The molecule has 21 heavy (non-hydrogen) atoms. The van der Waals surface area contributed by atoms with Gasteiger partial charge in [-0.25, -0.2) is 4.79 Å². The van der Waals surface area contributed by atoms with E-state index in [9.17, 15) is 14.4 Å². The van der Waals surface area contributed by atoms with Crippen molar-refractivity contribution in [1.29, 1.82) is 0 Å². The molecule has 2 amide bonds. The van der Waals surface area contributed by atoms with Crippen LogP contribution in [0.1, 0.15) is 12.5 Å². The first-order chi connectivity index (χ1) is 9.97. The Morgan fingerprint density at radius 1 is 1.33 bits per heavy atom. The number of carbonyl (C=O) groups excluding carboxylic acids is 2. The fourth-order valence-electron chi connectivity index (χ4n) is 2.23. The zero-order valence-corrected chi connectivity index (χ0v) is 11.6. The maximum Gasteiger partial charge on any atom is 0.329 e. The number of anilines is 2. The summed E-state index contributed by atoms with van der Waals surface area (Å²) in [5, 5.41) is 11.0. The molecule has 0 aromatic heterocycles. The molecule has 2 rings (SSSR count). The van der Waals surface area contributed by atoms with Gasteiger partial charge in [0.2, 0.25) is 11.8 Å². The lowest BCUT2D eigenvalue weighted by molar-refractivity contribution is -0.143. The van der Waals surface area contributed by atoms with Gasteiger partial charge < -0.3 is 20.1 Å². The van der Waals surface area contributed by atoms with Gasteiger partial charge in [-0.15, -0.1) is 0 Å². The number of hydrogen-bond donors (Lipinski definition) is 2. The second kappa shape index (κ2) is 6.36. The summed E-state index contributed by atoms with van der Waals surface area (Å²) in [6.45, 7) is 1.34. The van der Waals surface area contributed by atoms with Gasteiger partial charge in [0, 0.05) is 24.8 Å². The highest BCUT2D eigenvalue weighted by atomic mass is 16.5. The van der Waals surface area contributed by atoms with Gasteiger partial charge in [0.15, 0.2) is 0 Å². The summed E-state index contributed by atoms with van der Waals surface area (Å²) in [6.07, 6.45) is 0.744. The second-order valence-corrected chi connectivity index (χ2v) is 4.70. The second-order valence-electron chi connectivity index (χ2n) is 4.70. The third kappa shape index (κ3) is 3.79. The fraction of sp³-hybridized carbons (Fsp3) is 0.357. The number of carboxylic acid groups (broad SMARTS) is 1. The minimum Gasteiger partial charge on any atom is -0.480 e. The molecular weight excluding hydrogens is 276 g/mol. The van der Waals surface area contributed by atoms with Crippen LogP contribution in [0.3, 0.4) is 0 Å². The number of carbonyl (C=O) groups is 3. The van der Waals surface area contributed by atoms with Gasteiger partial charge in [-0.1, -0.05) is 0 Å². The molecule has 112 valence electrons. The predicted molar refractivity (Wildman–Crippen MR) is 75.3 cm³/mol. The highest BCUT2D eigenvalue weighted by molar-refractivity contribution is 5.95. The Labute approximate surface area is 121 Å². The molecule has 0 atom stereocenters. The average molecular weight is 292 g/mol. The molecule has 0 unspecified atom stereocenters. The van der Waals surface area contributed by atoms with Gasteiger partial charge in [0.1, 0.15) is 13.2 Å². The van der Waals surface area contributed by atoms with Crippen LogP contribution in [0.4, 0.5) is 11.4 Å². The first-order valence-corrected chi connectivity index (χ1v) is 6.48. The molecular formula is C14H16N2O5. The molecule has 0 spiro atoms. The van der Waals surface area contributed by atoms with E-state index in [1.165, 1.54) is 6.92 Å². The van der Waals surface area contributed by atoms with E-state index in [0.717, 1.165) is 17.7 Å². The van der Waals surface area contributed by atoms with Crippen LogP contribution in [-0.2, 0) is 25.5 Å². The summed E-state index contributed by atoms with van der Waals surface area (Å²) in [7, 11) is 0. The normalized spacial score (nSPS) is 12.9. The van der Waals surface area contributed by atoms with E-state index >= 15 is 0 Å². The van der Waals surface area contributed by atoms with Gasteiger partial charge >= 0.3 is 5.97 Å². The van der Waals surface area contributed by atoms with Crippen LogP contribution >= 0.6 is 0 Å². The molecule has 1 aromatic rings. The Morgan fingerprint density at radius 2 is 2.10 bits per heavy atom. The van der Waals surface area contributed by atoms with Crippen molar-refractivity contribution in [2.24, 2.45) is 0 Å². The number of nitrogens with zero attached hydrogens (tertiary/aromatic N) is 1. The number of benzene rings is 1. The van der Waals surface area contributed by atoms with E-state index in [1.807, 2.05) is 6.07 Å². The summed E-state index contributed by atoms with van der Waals surface area (Å²) in [5.74, 6) is -1.55. The van der Waals surface area contributed by atoms with Gasteiger partial charge in [-0.2, -0.15) is 0 Å². The van der Waals surface area contributed by atoms with Crippen LogP contribution in [0.25, 0.3) is 0 Å². The molecule has 1 aliphatic heterocycles. The van der Waals surface area contributed by atoms with Crippen molar-refractivity contribution in [2.45, 2.75) is 13.3 Å². The number of hydrogen-bond acceptors (Lipinski definition) is 4. The highest BCUT2D eigenvalue weighted by Crippen LogP contribution is 2.30. The topological polar surface area (TPSA) is 95.9 Å². The summed E-state index contributed by atoms with van der Waals surface area (Å²) in [5.41, 5.74) is 2.46. The summed E-state index contributed by atoms with van der Waals surface area (Å²) < 4.78 is 4.71. The Kier molecular flexibility index (Phi) is 4.54. The number of aliphatic carboxylic acids is 1. The predicted octanol–water partition coefficient (Wildman–Crippen LogP) is 0.635. The Balaban J connectivity index is 1.95. The largest absolute Gasteiger partial charge is 0.480 e. The Hall–Kier alpha value is -2.41. The SMILES string of the molecule is CC(=O)N1CCc2cc(NC(=O)COCC(=O)O)ccc21. The number of amides is 2. The fourth-order valence-corrected chi connectivity index (χ4v) is 2.23. The van der Waals surface area contributed by atoms with Gasteiger partial charge in [0.25, 0.3) is 0 Å². The summed E-state index contributed by atoms with van der Waals surface area (Å²) in [4.78, 5) is 35.0. The number of rotatable bonds is 5. The van der Waals surface area contributed by atoms with Crippen LogP contribution in [0.5, 0.6) is 0 Å². The first kappa shape index (κ1) is 15.0. The minimum atomic E-state index is -1.12. The van der Waals surface area contributed by atoms with E-state index < -0.39 is 18.5 Å². The van der Waals surface area contributed by atoms with E-state index in [0.29, 0.717) is 12.2 Å². The molecule has 1 aromatic carbocycles. The van der Waals surface area contributed by atoms with Crippen molar-refractivity contribution >= 4 is 29.2 Å². The number of ether oxygens (including phenoxy) is 1. The van der Waals surface area contributed by atoms with Crippen LogP contribution in [0.2, 0.25) is 0 Å². The van der Waals surface area contributed by atoms with E-state index in [2.05, 4.69) is 5.32 Å². The lowest BCUT2D eigenvalue weighted by Gasteiger charge is -2.15. The van der Waals surface area contributed by atoms with Crippen molar-refractivity contribution < 1.29 is 24.2 Å². The Bertz CT molecular complexity index is 585. The van der Waals surface area contributed by atoms with Crippen LogP contribution < -0.4 is 10.2 Å². The van der Waals surface area contributed by atoms with Gasteiger partial charge in [0.05, 0.1) is 0 Å². The summed E-state index contributed by atoms with van der Waals surface area (Å²) >= 11 is 0. The zero-order valence-electron chi connectivity index (χ0n) is 11.6. The van der Waals surface area contributed by atoms with Crippen LogP contribution in [0, 0.1) is 0 Å². The van der Waals surface area contributed by atoms with E-state index in [-0.39, 0.29) is 12.5 Å². The molecule has 0 saturated heterocycles. The molecule has 0 aliphatic carbocycles. The number of fused-ring (bicyclic) bond motifs is 1. The number of nitrogens with one attached hydrogen (secondary N) is 1. The molecule has 0 saturated carbocycles. The third-order valence-corrected chi connectivity index (χ3v) is 3.10. The zero-order chi connectivity index (χ0) is 15.4. The first-order valence-electron chi connectivity index (χ1n) is 6.48. The molecule has 0 bridgehead atoms. The van der Waals surface area contributed by atoms with Crippen molar-refractivity contribution in [3.05, 3.63) is 23.8 Å². The molecule has 1 heterocycles. The lowest BCUT2D eigenvalue weighted by Crippen LogP contribution is -2.25.